The summed E-state index contributed by atoms with van der Waals surface area (Å²) >= 11 is 0. The summed E-state index contributed by atoms with van der Waals surface area (Å²) in [7, 11) is 0. The number of carbonyl (C=O) groups is 2. The van der Waals surface area contributed by atoms with Crippen LogP contribution in [0.5, 0.6) is 0 Å². The Kier molecular flexibility index (Phi) is 6.24. The van der Waals surface area contributed by atoms with Crippen LogP contribution in [0.1, 0.15) is 52.2 Å². The second-order valence-corrected chi connectivity index (χ2v) is 9.59. The molecule has 2 aliphatic rings. The Labute approximate surface area is 204 Å². The predicted octanol–water partition coefficient (Wildman–Crippen LogP) is 4.42. The molecule has 3 aromatic rings. The van der Waals surface area contributed by atoms with Crippen LogP contribution in [0.4, 0.5) is 10.1 Å². The van der Waals surface area contributed by atoms with Gasteiger partial charge in [0.25, 0.3) is 5.91 Å². The summed E-state index contributed by atoms with van der Waals surface area (Å²) in [5.74, 6) is -0.449. The van der Waals surface area contributed by atoms with Crippen molar-refractivity contribution in [2.75, 3.05) is 18.4 Å². The van der Waals surface area contributed by atoms with E-state index in [2.05, 4.69) is 15.6 Å². The lowest BCUT2D eigenvalue weighted by molar-refractivity contribution is -0.125. The summed E-state index contributed by atoms with van der Waals surface area (Å²) < 4.78 is 13.6. The monoisotopic (exact) mass is 472 g/mol. The molecule has 2 atom stereocenters. The number of rotatable bonds is 5. The lowest BCUT2D eigenvalue weighted by Gasteiger charge is -2.39. The number of pyridine rings is 1. The highest BCUT2D eigenvalue weighted by molar-refractivity contribution is 5.96. The van der Waals surface area contributed by atoms with E-state index in [4.69, 9.17) is 0 Å². The van der Waals surface area contributed by atoms with Crippen molar-refractivity contribution in [1.82, 2.24) is 15.2 Å². The first kappa shape index (κ1) is 23.0. The lowest BCUT2D eigenvalue weighted by Crippen LogP contribution is -2.56. The average molecular weight is 473 g/mol. The summed E-state index contributed by atoms with van der Waals surface area (Å²) in [4.78, 5) is 31.9. The number of aromatic nitrogens is 1. The van der Waals surface area contributed by atoms with Crippen molar-refractivity contribution in [3.63, 3.8) is 0 Å². The van der Waals surface area contributed by atoms with Crippen molar-refractivity contribution in [2.45, 2.75) is 44.2 Å². The molecule has 3 heterocycles. The number of aryl methyl sites for hydroxylation is 1. The first-order valence-corrected chi connectivity index (χ1v) is 12.0. The van der Waals surface area contributed by atoms with Gasteiger partial charge in [-0.15, -0.1) is 0 Å². The van der Waals surface area contributed by atoms with Crippen LogP contribution >= 0.6 is 0 Å². The zero-order valence-electron chi connectivity index (χ0n) is 19.8. The topological polar surface area (TPSA) is 74.3 Å². The summed E-state index contributed by atoms with van der Waals surface area (Å²) in [6.07, 6.45) is 5.58. The third-order valence-corrected chi connectivity index (χ3v) is 7.23. The van der Waals surface area contributed by atoms with Gasteiger partial charge in [-0.25, -0.2) is 4.39 Å². The minimum Gasteiger partial charge on any atom is -0.381 e. The van der Waals surface area contributed by atoms with Crippen LogP contribution in [0.25, 0.3) is 0 Å². The molecule has 6 nitrogen and oxygen atoms in total. The van der Waals surface area contributed by atoms with Gasteiger partial charge in [0, 0.05) is 55.6 Å². The number of anilines is 1. The van der Waals surface area contributed by atoms with E-state index in [-0.39, 0.29) is 23.5 Å². The number of likely N-dealkylation sites (tertiary alicyclic amines) is 1. The number of nitrogens with one attached hydrogen (secondary N) is 2. The van der Waals surface area contributed by atoms with Crippen molar-refractivity contribution in [3.05, 3.63) is 95.1 Å². The number of carbonyl (C=O) groups excluding carboxylic acids is 2. The van der Waals surface area contributed by atoms with Crippen molar-refractivity contribution >= 4 is 17.5 Å². The van der Waals surface area contributed by atoms with E-state index in [0.29, 0.717) is 31.6 Å². The largest absolute Gasteiger partial charge is 0.381 e. The molecular weight excluding hydrogens is 443 g/mol. The Morgan fingerprint density at radius 3 is 2.69 bits per heavy atom. The fraction of sp³-hybridized carbons (Fsp3) is 0.321. The van der Waals surface area contributed by atoms with E-state index in [1.165, 1.54) is 12.1 Å². The third kappa shape index (κ3) is 4.76. The average Bonchev–Trinajstić information content (AvgIpc) is 3.22. The van der Waals surface area contributed by atoms with Crippen LogP contribution in [0.2, 0.25) is 0 Å². The molecule has 2 fully saturated rings. The minimum atomic E-state index is -0.532. The van der Waals surface area contributed by atoms with Crippen LogP contribution in [-0.4, -0.2) is 40.3 Å². The summed E-state index contributed by atoms with van der Waals surface area (Å²) in [5.41, 5.74) is 4.07. The Hall–Kier alpha value is -3.74. The van der Waals surface area contributed by atoms with Crippen LogP contribution in [-0.2, 0) is 11.3 Å². The second kappa shape index (κ2) is 9.49. The van der Waals surface area contributed by atoms with Gasteiger partial charge < -0.3 is 15.5 Å². The third-order valence-electron chi connectivity index (χ3n) is 7.23. The molecule has 180 valence electrons. The molecule has 1 spiro atoms. The minimum absolute atomic E-state index is 0.00981. The number of benzene rings is 2. The van der Waals surface area contributed by atoms with Gasteiger partial charge in [0.2, 0.25) is 5.91 Å². The quantitative estimate of drug-likeness (QED) is 0.577. The van der Waals surface area contributed by atoms with E-state index in [9.17, 15) is 14.0 Å². The molecule has 2 aromatic carbocycles. The highest BCUT2D eigenvalue weighted by Crippen LogP contribution is 2.42. The maximum absolute atomic E-state index is 13.6. The fourth-order valence-corrected chi connectivity index (χ4v) is 5.36. The summed E-state index contributed by atoms with van der Waals surface area (Å²) in [6.45, 7) is 3.55. The summed E-state index contributed by atoms with van der Waals surface area (Å²) in [6, 6.07) is 16.0. The van der Waals surface area contributed by atoms with Gasteiger partial charge in [-0.05, 0) is 72.9 Å². The number of hydrogen-bond acceptors (Lipinski definition) is 4. The SMILES string of the molecule is Cc1ccc(C(=O)N2C[C@@H](c3ccc(F)cc3)[C@@]3(CCCC(=O)N3)C2)cc1NCc1ccncc1. The van der Waals surface area contributed by atoms with Crippen molar-refractivity contribution in [1.29, 1.82) is 0 Å². The molecule has 2 saturated heterocycles. The summed E-state index contributed by atoms with van der Waals surface area (Å²) in [5, 5.41) is 6.63. The van der Waals surface area contributed by atoms with Crippen molar-refractivity contribution < 1.29 is 14.0 Å². The Bertz CT molecular complexity index is 1230. The molecular formula is C28H29FN4O2. The zero-order chi connectivity index (χ0) is 24.4. The molecule has 35 heavy (non-hydrogen) atoms. The molecule has 2 aliphatic heterocycles. The first-order chi connectivity index (χ1) is 16.9. The van der Waals surface area contributed by atoms with E-state index < -0.39 is 5.54 Å². The highest BCUT2D eigenvalue weighted by atomic mass is 19.1. The molecule has 1 aromatic heterocycles. The van der Waals surface area contributed by atoms with Gasteiger partial charge in [0.15, 0.2) is 0 Å². The molecule has 2 amide bonds. The van der Waals surface area contributed by atoms with Crippen LogP contribution < -0.4 is 10.6 Å². The smallest absolute Gasteiger partial charge is 0.254 e. The van der Waals surface area contributed by atoms with Gasteiger partial charge in [0.1, 0.15) is 5.82 Å². The number of nitrogens with zero attached hydrogens (tertiary/aromatic N) is 2. The van der Waals surface area contributed by atoms with Crippen molar-refractivity contribution in [3.8, 4) is 0 Å². The van der Waals surface area contributed by atoms with Crippen LogP contribution in [0, 0.1) is 12.7 Å². The molecule has 5 rings (SSSR count). The molecule has 2 N–H and O–H groups in total. The van der Waals surface area contributed by atoms with E-state index in [1.54, 1.807) is 24.5 Å². The molecule has 0 radical (unpaired) electrons. The number of halogens is 1. The molecule has 0 bridgehead atoms. The fourth-order valence-electron chi connectivity index (χ4n) is 5.36. The van der Waals surface area contributed by atoms with Gasteiger partial charge in [-0.1, -0.05) is 18.2 Å². The highest BCUT2D eigenvalue weighted by Gasteiger charge is 2.50. The predicted molar refractivity (Wildman–Crippen MR) is 133 cm³/mol. The Morgan fingerprint density at radius 2 is 1.94 bits per heavy atom. The van der Waals surface area contributed by atoms with Crippen molar-refractivity contribution in [2.24, 2.45) is 0 Å². The van der Waals surface area contributed by atoms with Crippen LogP contribution in [0.15, 0.2) is 67.0 Å². The maximum atomic E-state index is 13.6. The number of hydrogen-bond donors (Lipinski definition) is 2. The number of amides is 2. The molecule has 0 unspecified atom stereocenters. The maximum Gasteiger partial charge on any atom is 0.254 e. The second-order valence-electron chi connectivity index (χ2n) is 9.59. The molecule has 0 aliphatic carbocycles. The van der Waals surface area contributed by atoms with E-state index in [0.717, 1.165) is 35.2 Å². The molecule has 7 heteroatoms. The zero-order valence-corrected chi connectivity index (χ0v) is 19.8. The van der Waals surface area contributed by atoms with Gasteiger partial charge >= 0.3 is 0 Å². The Morgan fingerprint density at radius 1 is 1.17 bits per heavy atom. The van der Waals surface area contributed by atoms with E-state index >= 15 is 0 Å². The number of piperidine rings is 1. The molecule has 0 saturated carbocycles. The first-order valence-electron chi connectivity index (χ1n) is 12.0. The Balaban J connectivity index is 1.39. The van der Waals surface area contributed by atoms with Crippen LogP contribution in [0.3, 0.4) is 0 Å². The van der Waals surface area contributed by atoms with Gasteiger partial charge in [-0.3, -0.25) is 14.6 Å². The standard InChI is InChI=1S/C28H29FN4O2/c1-19-4-5-22(15-25(19)31-16-20-10-13-30-14-11-20)27(35)33-17-24(21-6-8-23(29)9-7-21)28(18-33)12-2-3-26(34)32-28/h4-11,13-15,24,31H,2-3,12,16-18H2,1H3,(H,32,34)/t24-,28+/m0/s1. The normalized spacial score (nSPS) is 21.7. The van der Waals surface area contributed by atoms with Gasteiger partial charge in [-0.2, -0.15) is 0 Å². The van der Waals surface area contributed by atoms with Gasteiger partial charge in [0.05, 0.1) is 5.54 Å². The van der Waals surface area contributed by atoms with E-state index in [1.807, 2.05) is 42.2 Å². The lowest BCUT2D eigenvalue weighted by atomic mass is 9.76.